The SMILES string of the molecule is COc1cccc([C@H](c2sc3ncnn3c2O)N2C[C@@H](C)C[C@H](C)C2)c1. The number of ether oxygens (including phenoxy) is 1. The molecule has 1 aliphatic rings. The van der Waals surface area contributed by atoms with Crippen molar-refractivity contribution in [2.75, 3.05) is 20.2 Å². The topological polar surface area (TPSA) is 62.9 Å². The molecule has 1 saturated heterocycles. The molecule has 138 valence electrons. The zero-order valence-electron chi connectivity index (χ0n) is 15.3. The zero-order chi connectivity index (χ0) is 18.3. The third-order valence-corrected chi connectivity index (χ3v) is 6.15. The van der Waals surface area contributed by atoms with Crippen LogP contribution in [-0.4, -0.2) is 44.8 Å². The number of methoxy groups -OCH3 is 1. The number of benzene rings is 1. The van der Waals surface area contributed by atoms with Crippen LogP contribution in [0.2, 0.25) is 0 Å². The van der Waals surface area contributed by atoms with Gasteiger partial charge in [0.25, 0.3) is 0 Å². The van der Waals surface area contributed by atoms with E-state index in [0.717, 1.165) is 29.3 Å². The van der Waals surface area contributed by atoms with Crippen LogP contribution >= 0.6 is 11.3 Å². The number of thiazole rings is 1. The molecule has 3 heterocycles. The summed E-state index contributed by atoms with van der Waals surface area (Å²) in [7, 11) is 1.68. The van der Waals surface area contributed by atoms with Crippen molar-refractivity contribution in [1.29, 1.82) is 0 Å². The van der Waals surface area contributed by atoms with Crippen LogP contribution in [0, 0.1) is 11.8 Å². The first-order chi connectivity index (χ1) is 12.6. The molecule has 0 saturated carbocycles. The smallest absolute Gasteiger partial charge is 0.230 e. The van der Waals surface area contributed by atoms with Crippen molar-refractivity contribution in [3.63, 3.8) is 0 Å². The fourth-order valence-electron chi connectivity index (χ4n) is 4.13. The first-order valence-electron chi connectivity index (χ1n) is 8.96. The van der Waals surface area contributed by atoms with Crippen LogP contribution in [-0.2, 0) is 0 Å². The fraction of sp³-hybridized carbons (Fsp3) is 0.474. The highest BCUT2D eigenvalue weighted by atomic mass is 32.1. The van der Waals surface area contributed by atoms with Gasteiger partial charge in [0.15, 0.2) is 0 Å². The van der Waals surface area contributed by atoms with E-state index in [2.05, 4.69) is 41.0 Å². The van der Waals surface area contributed by atoms with Crippen LogP contribution in [0.4, 0.5) is 0 Å². The van der Waals surface area contributed by atoms with Crippen LogP contribution < -0.4 is 4.74 Å². The summed E-state index contributed by atoms with van der Waals surface area (Å²) in [6.45, 7) is 6.60. The molecule has 3 aromatic rings. The summed E-state index contributed by atoms with van der Waals surface area (Å²) < 4.78 is 6.95. The van der Waals surface area contributed by atoms with E-state index < -0.39 is 0 Å². The molecule has 1 N–H and O–H groups in total. The van der Waals surface area contributed by atoms with Crippen molar-refractivity contribution in [1.82, 2.24) is 19.5 Å². The molecule has 0 aliphatic carbocycles. The molecule has 0 bridgehead atoms. The Morgan fingerprint density at radius 3 is 2.73 bits per heavy atom. The highest BCUT2D eigenvalue weighted by Crippen LogP contribution is 2.42. The number of rotatable bonds is 4. The Morgan fingerprint density at radius 2 is 2.04 bits per heavy atom. The van der Waals surface area contributed by atoms with E-state index in [1.54, 1.807) is 7.11 Å². The van der Waals surface area contributed by atoms with E-state index in [-0.39, 0.29) is 11.9 Å². The third-order valence-electron chi connectivity index (χ3n) is 5.06. The maximum Gasteiger partial charge on any atom is 0.230 e. The van der Waals surface area contributed by atoms with Gasteiger partial charge < -0.3 is 9.84 Å². The van der Waals surface area contributed by atoms with E-state index in [1.165, 1.54) is 28.6 Å². The molecule has 0 spiro atoms. The Balaban J connectivity index is 1.83. The average Bonchev–Trinajstić information content (AvgIpc) is 3.19. The number of aromatic hydroxyl groups is 1. The summed E-state index contributed by atoms with van der Waals surface area (Å²) in [6.07, 6.45) is 2.71. The zero-order valence-corrected chi connectivity index (χ0v) is 16.1. The molecule has 1 aromatic carbocycles. The number of likely N-dealkylation sites (tertiary alicyclic amines) is 1. The van der Waals surface area contributed by atoms with Gasteiger partial charge in [0.1, 0.15) is 12.1 Å². The van der Waals surface area contributed by atoms with Crippen molar-refractivity contribution >= 4 is 16.3 Å². The summed E-state index contributed by atoms with van der Waals surface area (Å²) in [4.78, 5) is 8.32. The number of piperidine rings is 1. The second kappa shape index (κ2) is 6.89. The Hall–Kier alpha value is -2.12. The van der Waals surface area contributed by atoms with Crippen LogP contribution in [0.3, 0.4) is 0 Å². The molecular formula is C19H24N4O2S. The molecule has 0 amide bonds. The Kier molecular flexibility index (Phi) is 4.58. The summed E-state index contributed by atoms with van der Waals surface area (Å²) in [6, 6.07) is 8.08. The lowest BCUT2D eigenvalue weighted by Gasteiger charge is -2.40. The van der Waals surface area contributed by atoms with Crippen molar-refractivity contribution in [2.45, 2.75) is 26.3 Å². The van der Waals surface area contributed by atoms with Gasteiger partial charge >= 0.3 is 0 Å². The van der Waals surface area contributed by atoms with Gasteiger partial charge in [-0.2, -0.15) is 9.61 Å². The van der Waals surface area contributed by atoms with Crippen LogP contribution in [0.5, 0.6) is 11.6 Å². The number of hydrogen-bond acceptors (Lipinski definition) is 6. The van der Waals surface area contributed by atoms with Gasteiger partial charge in [0, 0.05) is 13.1 Å². The van der Waals surface area contributed by atoms with Crippen LogP contribution in [0.25, 0.3) is 4.96 Å². The molecule has 0 radical (unpaired) electrons. The maximum atomic E-state index is 10.8. The molecule has 1 aliphatic heterocycles. The minimum absolute atomic E-state index is 0.0381. The van der Waals surface area contributed by atoms with E-state index in [4.69, 9.17) is 4.74 Å². The second-order valence-electron chi connectivity index (χ2n) is 7.32. The van der Waals surface area contributed by atoms with Crippen molar-refractivity contribution in [3.8, 4) is 11.6 Å². The lowest BCUT2D eigenvalue weighted by atomic mass is 9.89. The second-order valence-corrected chi connectivity index (χ2v) is 8.33. The predicted octanol–water partition coefficient (Wildman–Crippen LogP) is 3.57. The lowest BCUT2D eigenvalue weighted by molar-refractivity contribution is 0.111. The van der Waals surface area contributed by atoms with Gasteiger partial charge in [0.05, 0.1) is 18.0 Å². The molecule has 2 aromatic heterocycles. The summed E-state index contributed by atoms with van der Waals surface area (Å²) in [5.41, 5.74) is 1.12. The highest BCUT2D eigenvalue weighted by Gasteiger charge is 2.33. The molecule has 3 atom stereocenters. The Bertz CT molecular complexity index is 896. The number of fused-ring (bicyclic) bond motifs is 1. The Labute approximate surface area is 157 Å². The largest absolute Gasteiger partial charge is 0.497 e. The quantitative estimate of drug-likeness (QED) is 0.758. The average molecular weight is 372 g/mol. The highest BCUT2D eigenvalue weighted by molar-refractivity contribution is 7.17. The predicted molar refractivity (Wildman–Crippen MR) is 102 cm³/mol. The van der Waals surface area contributed by atoms with E-state index in [0.29, 0.717) is 16.8 Å². The summed E-state index contributed by atoms with van der Waals surface area (Å²) in [5, 5.41) is 15.0. The van der Waals surface area contributed by atoms with Crippen molar-refractivity contribution < 1.29 is 9.84 Å². The number of aromatic nitrogens is 3. The normalized spacial score (nSPS) is 22.6. The van der Waals surface area contributed by atoms with E-state index in [9.17, 15) is 5.11 Å². The van der Waals surface area contributed by atoms with E-state index >= 15 is 0 Å². The van der Waals surface area contributed by atoms with Crippen molar-refractivity contribution in [3.05, 3.63) is 41.0 Å². The van der Waals surface area contributed by atoms with Gasteiger partial charge in [-0.05, 0) is 36.0 Å². The Morgan fingerprint density at radius 1 is 1.27 bits per heavy atom. The maximum absolute atomic E-state index is 10.8. The molecule has 4 rings (SSSR count). The van der Waals surface area contributed by atoms with Gasteiger partial charge in [0.2, 0.25) is 10.8 Å². The molecule has 26 heavy (non-hydrogen) atoms. The molecule has 1 fully saturated rings. The fourth-order valence-corrected chi connectivity index (χ4v) is 5.23. The minimum Gasteiger partial charge on any atom is -0.497 e. The minimum atomic E-state index is -0.0381. The van der Waals surface area contributed by atoms with Gasteiger partial charge in [-0.1, -0.05) is 37.3 Å². The number of hydrogen-bond donors (Lipinski definition) is 1. The van der Waals surface area contributed by atoms with Crippen molar-refractivity contribution in [2.24, 2.45) is 11.8 Å². The third kappa shape index (κ3) is 3.05. The molecular weight excluding hydrogens is 348 g/mol. The van der Waals surface area contributed by atoms with Gasteiger partial charge in [-0.3, -0.25) is 4.90 Å². The number of nitrogens with zero attached hydrogens (tertiary/aromatic N) is 4. The van der Waals surface area contributed by atoms with Gasteiger partial charge in [-0.15, -0.1) is 0 Å². The van der Waals surface area contributed by atoms with Gasteiger partial charge in [-0.25, -0.2) is 4.98 Å². The molecule has 0 unspecified atom stereocenters. The van der Waals surface area contributed by atoms with Crippen LogP contribution in [0.1, 0.15) is 36.8 Å². The summed E-state index contributed by atoms with van der Waals surface area (Å²) in [5.74, 6) is 2.25. The summed E-state index contributed by atoms with van der Waals surface area (Å²) >= 11 is 1.50. The van der Waals surface area contributed by atoms with Crippen LogP contribution in [0.15, 0.2) is 30.6 Å². The lowest BCUT2D eigenvalue weighted by Crippen LogP contribution is -2.41. The monoisotopic (exact) mass is 372 g/mol. The first kappa shape index (κ1) is 17.3. The molecule has 6 nitrogen and oxygen atoms in total. The van der Waals surface area contributed by atoms with E-state index in [1.807, 2.05) is 12.1 Å². The molecule has 7 heteroatoms. The standard InChI is InChI=1S/C19H24N4O2S/c1-12-7-13(2)10-22(9-12)16(14-5-4-6-15(8-14)25-3)17-18(24)23-19(26-17)20-11-21-23/h4-6,8,11-13,16,24H,7,9-10H2,1-3H3/t12-,13-,16+/m0/s1. The first-order valence-corrected chi connectivity index (χ1v) is 9.78.